The minimum atomic E-state index is -1.36. The maximum absolute atomic E-state index is 12.8. The number of hydrogen-bond donors (Lipinski definition) is 8. The number of thioether (sulfide) groups is 1. The number of primary amides is 1. The summed E-state index contributed by atoms with van der Waals surface area (Å²) in [5.74, 6) is -2.34. The molecule has 0 aliphatic heterocycles. The van der Waals surface area contributed by atoms with Gasteiger partial charge in [-0.2, -0.15) is 11.8 Å². The summed E-state index contributed by atoms with van der Waals surface area (Å²) < 4.78 is 0. The van der Waals surface area contributed by atoms with Crippen LogP contribution in [0.25, 0.3) is 0 Å². The van der Waals surface area contributed by atoms with E-state index in [2.05, 4.69) is 20.9 Å². The van der Waals surface area contributed by atoms with Crippen LogP contribution in [0.1, 0.15) is 39.5 Å². The number of nitrogens with zero attached hydrogens (tertiary/aromatic N) is 1. The molecule has 0 saturated heterocycles. The Balaban J connectivity index is 5.18. The molecule has 0 rings (SSSR count). The van der Waals surface area contributed by atoms with Gasteiger partial charge < -0.3 is 44.0 Å². The second-order valence-electron chi connectivity index (χ2n) is 7.91. The summed E-state index contributed by atoms with van der Waals surface area (Å²) in [6, 6.07) is -4.15. The standard InChI is InChI=1S/C20H40N8O5S/c1-4-11(2)15(21)19(33)27-13(7-9-34-3)17(31)28-14(10-29)18(32)26-12(16(22)30)6-5-8-25-20(23)24/h11-15,29H,4-10,21H2,1-3H3,(H2,22,30)(H,26,32)(H,27,33)(H,28,31)(H4,23,24,25)/t11-,12-,13-,14-,15-/m0/s1. The van der Waals surface area contributed by atoms with Gasteiger partial charge >= 0.3 is 0 Å². The van der Waals surface area contributed by atoms with E-state index in [1.54, 1.807) is 0 Å². The quantitative estimate of drug-likeness (QED) is 0.0574. The molecule has 196 valence electrons. The Morgan fingerprint density at radius 3 is 2.00 bits per heavy atom. The lowest BCUT2D eigenvalue weighted by Gasteiger charge is -2.25. The number of nitrogens with two attached hydrogens (primary N) is 4. The first kappa shape index (κ1) is 31.4. The Bertz CT molecular complexity index is 704. The van der Waals surface area contributed by atoms with E-state index >= 15 is 0 Å². The normalized spacial score (nSPS) is 15.2. The highest BCUT2D eigenvalue weighted by molar-refractivity contribution is 7.98. The molecule has 0 aromatic heterocycles. The topological polar surface area (TPSA) is 241 Å². The van der Waals surface area contributed by atoms with Crippen molar-refractivity contribution in [2.45, 2.75) is 63.7 Å². The molecule has 0 fully saturated rings. The molecule has 0 unspecified atom stereocenters. The van der Waals surface area contributed by atoms with E-state index in [9.17, 15) is 24.3 Å². The summed E-state index contributed by atoms with van der Waals surface area (Å²) in [5.41, 5.74) is 21.8. The third-order valence-electron chi connectivity index (χ3n) is 5.22. The lowest BCUT2D eigenvalue weighted by molar-refractivity contribution is -0.134. The number of hydrogen-bond acceptors (Lipinski definition) is 8. The Morgan fingerprint density at radius 2 is 1.50 bits per heavy atom. The number of aliphatic hydroxyl groups excluding tert-OH is 1. The molecule has 5 atom stereocenters. The smallest absolute Gasteiger partial charge is 0.245 e. The van der Waals surface area contributed by atoms with Gasteiger partial charge in [-0.3, -0.25) is 24.2 Å². The van der Waals surface area contributed by atoms with E-state index in [1.165, 1.54) is 11.8 Å². The fraction of sp³-hybridized carbons (Fsp3) is 0.750. The van der Waals surface area contributed by atoms with Crippen LogP contribution in [-0.4, -0.2) is 84.0 Å². The first-order chi connectivity index (χ1) is 16.0. The molecule has 13 nitrogen and oxygen atoms in total. The molecule has 12 N–H and O–H groups in total. The third kappa shape index (κ3) is 12.0. The summed E-state index contributed by atoms with van der Waals surface area (Å²) in [6.07, 6.45) is 3.35. The molecule has 0 aromatic rings. The van der Waals surface area contributed by atoms with Crippen molar-refractivity contribution in [2.24, 2.45) is 33.8 Å². The van der Waals surface area contributed by atoms with Crippen molar-refractivity contribution >= 4 is 41.4 Å². The van der Waals surface area contributed by atoms with E-state index in [4.69, 9.17) is 22.9 Å². The number of amides is 4. The maximum Gasteiger partial charge on any atom is 0.245 e. The van der Waals surface area contributed by atoms with Gasteiger partial charge in [0, 0.05) is 6.54 Å². The molecule has 0 bridgehead atoms. The van der Waals surface area contributed by atoms with Gasteiger partial charge in [-0.05, 0) is 37.2 Å². The predicted molar refractivity (Wildman–Crippen MR) is 132 cm³/mol. The van der Waals surface area contributed by atoms with Crippen LogP contribution in [0.2, 0.25) is 0 Å². The summed E-state index contributed by atoms with van der Waals surface area (Å²) in [6.45, 7) is 3.24. The van der Waals surface area contributed by atoms with E-state index in [-0.39, 0.29) is 24.8 Å². The van der Waals surface area contributed by atoms with Gasteiger partial charge in [-0.1, -0.05) is 20.3 Å². The largest absolute Gasteiger partial charge is 0.394 e. The predicted octanol–water partition coefficient (Wildman–Crippen LogP) is -2.90. The van der Waals surface area contributed by atoms with Crippen LogP contribution < -0.4 is 38.9 Å². The van der Waals surface area contributed by atoms with Gasteiger partial charge in [0.25, 0.3) is 0 Å². The van der Waals surface area contributed by atoms with Crippen LogP contribution in [-0.2, 0) is 19.2 Å². The number of rotatable bonds is 17. The maximum atomic E-state index is 12.8. The van der Waals surface area contributed by atoms with Gasteiger partial charge in [-0.25, -0.2) is 0 Å². The Labute approximate surface area is 204 Å². The number of aliphatic imine (C=N–C) groups is 1. The van der Waals surface area contributed by atoms with Crippen molar-refractivity contribution in [3.05, 3.63) is 0 Å². The van der Waals surface area contributed by atoms with Gasteiger partial charge in [0.1, 0.15) is 18.1 Å². The summed E-state index contributed by atoms with van der Waals surface area (Å²) in [7, 11) is 0. The fourth-order valence-electron chi connectivity index (χ4n) is 2.81. The zero-order valence-electron chi connectivity index (χ0n) is 20.1. The van der Waals surface area contributed by atoms with Crippen molar-refractivity contribution in [1.82, 2.24) is 16.0 Å². The Morgan fingerprint density at radius 1 is 0.941 bits per heavy atom. The molecule has 0 aliphatic rings. The molecule has 34 heavy (non-hydrogen) atoms. The molecule has 4 amide bonds. The van der Waals surface area contributed by atoms with Gasteiger partial charge in [0.05, 0.1) is 12.6 Å². The first-order valence-electron chi connectivity index (χ1n) is 11.1. The summed E-state index contributed by atoms with van der Waals surface area (Å²) in [5, 5.41) is 17.1. The first-order valence-corrected chi connectivity index (χ1v) is 12.5. The van der Waals surface area contributed by atoms with Crippen LogP contribution in [0.3, 0.4) is 0 Å². The monoisotopic (exact) mass is 504 g/mol. The lowest BCUT2D eigenvalue weighted by Crippen LogP contribution is -2.59. The van der Waals surface area contributed by atoms with Crippen molar-refractivity contribution in [1.29, 1.82) is 0 Å². The number of aliphatic hydroxyl groups is 1. The SMILES string of the molecule is CC[C@H](C)[C@H](N)C(=O)N[C@@H](CCSC)C(=O)N[C@@H](CO)C(=O)N[C@@H](CCCN=C(N)N)C(N)=O. The number of guanidine groups is 1. The molecule has 14 heteroatoms. The molecule has 0 radical (unpaired) electrons. The highest BCUT2D eigenvalue weighted by Gasteiger charge is 2.30. The fourth-order valence-corrected chi connectivity index (χ4v) is 3.28. The Hall–Kier alpha value is -2.58. The average molecular weight is 505 g/mol. The highest BCUT2D eigenvalue weighted by atomic mass is 32.2. The molecular formula is C20H40N8O5S. The zero-order valence-corrected chi connectivity index (χ0v) is 20.9. The van der Waals surface area contributed by atoms with Crippen LogP contribution in [0.4, 0.5) is 0 Å². The van der Waals surface area contributed by atoms with Gasteiger partial charge in [-0.15, -0.1) is 0 Å². The van der Waals surface area contributed by atoms with E-state index in [0.717, 1.165) is 0 Å². The molecule has 0 aliphatic carbocycles. The van der Waals surface area contributed by atoms with Crippen molar-refractivity contribution in [3.63, 3.8) is 0 Å². The van der Waals surface area contributed by atoms with Crippen LogP contribution >= 0.6 is 11.8 Å². The number of nitrogens with one attached hydrogen (secondary N) is 3. The average Bonchev–Trinajstić information content (AvgIpc) is 2.79. The highest BCUT2D eigenvalue weighted by Crippen LogP contribution is 2.08. The van der Waals surface area contributed by atoms with Crippen molar-refractivity contribution in [3.8, 4) is 0 Å². The summed E-state index contributed by atoms with van der Waals surface area (Å²) in [4.78, 5) is 53.4. The molecule has 0 heterocycles. The third-order valence-corrected chi connectivity index (χ3v) is 5.87. The Kier molecular flexibility index (Phi) is 15.7. The summed E-state index contributed by atoms with van der Waals surface area (Å²) >= 11 is 1.48. The lowest BCUT2D eigenvalue weighted by atomic mass is 9.99. The molecular weight excluding hydrogens is 464 g/mol. The van der Waals surface area contributed by atoms with Gasteiger partial charge in [0.15, 0.2) is 5.96 Å². The van der Waals surface area contributed by atoms with Gasteiger partial charge in [0.2, 0.25) is 23.6 Å². The van der Waals surface area contributed by atoms with Crippen LogP contribution in [0.5, 0.6) is 0 Å². The van der Waals surface area contributed by atoms with Crippen molar-refractivity contribution in [2.75, 3.05) is 25.2 Å². The van der Waals surface area contributed by atoms with Crippen molar-refractivity contribution < 1.29 is 24.3 Å². The van der Waals surface area contributed by atoms with E-state index in [1.807, 2.05) is 20.1 Å². The van der Waals surface area contributed by atoms with Crippen LogP contribution in [0.15, 0.2) is 4.99 Å². The van der Waals surface area contributed by atoms with E-state index < -0.39 is 54.4 Å². The second-order valence-corrected chi connectivity index (χ2v) is 8.90. The number of carbonyl (C=O) groups excluding carboxylic acids is 4. The van der Waals surface area contributed by atoms with Crippen LogP contribution in [0, 0.1) is 5.92 Å². The van der Waals surface area contributed by atoms with E-state index in [0.29, 0.717) is 25.0 Å². The number of carbonyl (C=O) groups is 4. The minimum absolute atomic E-state index is 0.0852. The molecule has 0 saturated carbocycles. The second kappa shape index (κ2) is 16.9. The minimum Gasteiger partial charge on any atom is -0.394 e. The molecule has 0 spiro atoms. The molecule has 0 aromatic carbocycles. The zero-order chi connectivity index (χ0) is 26.3.